The molecule has 0 saturated heterocycles. The maximum atomic E-state index is 14.5. The third kappa shape index (κ3) is 4.28. The molecule has 1 aromatic heterocycles. The van der Waals surface area contributed by atoms with Crippen molar-refractivity contribution in [3.05, 3.63) is 47.0 Å². The van der Waals surface area contributed by atoms with Crippen LogP contribution >= 0.6 is 0 Å². The van der Waals surface area contributed by atoms with Gasteiger partial charge < -0.3 is 20.1 Å². The number of aliphatic hydroxyl groups excluding tert-OH is 1. The van der Waals surface area contributed by atoms with Gasteiger partial charge in [-0.15, -0.1) is 0 Å². The molecule has 0 aliphatic rings. The minimum absolute atomic E-state index is 0.000234. The van der Waals surface area contributed by atoms with E-state index in [1.807, 2.05) is 0 Å². The van der Waals surface area contributed by atoms with Crippen molar-refractivity contribution in [2.24, 2.45) is 0 Å². The summed E-state index contributed by atoms with van der Waals surface area (Å²) in [5.74, 6) is -3.31. The lowest BCUT2D eigenvalue weighted by atomic mass is 9.97. The summed E-state index contributed by atoms with van der Waals surface area (Å²) < 4.78 is 19.5. The van der Waals surface area contributed by atoms with Crippen molar-refractivity contribution in [2.45, 2.75) is 33.2 Å². The van der Waals surface area contributed by atoms with Gasteiger partial charge in [-0.1, -0.05) is 25.1 Å². The summed E-state index contributed by atoms with van der Waals surface area (Å²) in [5, 5.41) is 11.7. The molecule has 0 aliphatic heterocycles. The fourth-order valence-corrected chi connectivity index (χ4v) is 2.83. The topological polar surface area (TPSA) is 108 Å². The van der Waals surface area contributed by atoms with E-state index in [0.717, 1.165) is 0 Å². The number of H-pyrrole nitrogens is 1. The lowest BCUT2D eigenvalue weighted by Crippen LogP contribution is -2.41. The molecule has 0 saturated carbocycles. The first-order valence-corrected chi connectivity index (χ1v) is 8.96. The third-order valence-electron chi connectivity index (χ3n) is 4.29. The standard InChI is InChI=1S/C20H23FN2O5/c1-4-12(10-24)23-19(26)18(25)17-16(13-8-6-7-9-14(13)21)15(11(3)22-17)20(27)28-5-2/h6-9,12,22,24H,4-5,10H2,1-3H3,(H,23,26)/t12-/m0/s1. The molecule has 2 aromatic rings. The van der Waals surface area contributed by atoms with Crippen LogP contribution in [0.2, 0.25) is 0 Å². The molecule has 2 rings (SSSR count). The van der Waals surface area contributed by atoms with E-state index in [0.29, 0.717) is 6.42 Å². The van der Waals surface area contributed by atoms with Gasteiger partial charge in [0, 0.05) is 16.8 Å². The Hall–Kier alpha value is -3.00. The number of aliphatic hydroxyl groups is 1. The number of halogens is 1. The number of ether oxygens (including phenoxy) is 1. The van der Waals surface area contributed by atoms with Crippen molar-refractivity contribution in [1.29, 1.82) is 0 Å². The molecule has 150 valence electrons. The van der Waals surface area contributed by atoms with E-state index in [9.17, 15) is 23.9 Å². The summed E-state index contributed by atoms with van der Waals surface area (Å²) in [6.45, 7) is 4.68. The highest BCUT2D eigenvalue weighted by Crippen LogP contribution is 2.33. The van der Waals surface area contributed by atoms with Gasteiger partial charge in [0.05, 0.1) is 24.8 Å². The number of aromatic nitrogens is 1. The predicted molar refractivity (Wildman–Crippen MR) is 101 cm³/mol. The summed E-state index contributed by atoms with van der Waals surface area (Å²) in [6.07, 6.45) is 0.424. The SMILES string of the molecule is CCOC(=O)c1c(C)[nH]c(C(=O)C(=O)N[C@@H](CC)CO)c1-c1ccccc1F. The molecule has 28 heavy (non-hydrogen) atoms. The second kappa shape index (κ2) is 9.27. The fraction of sp³-hybridized carbons (Fsp3) is 0.350. The zero-order chi connectivity index (χ0) is 20.8. The number of aromatic amines is 1. The second-order valence-electron chi connectivity index (χ2n) is 6.17. The quantitative estimate of drug-likeness (QED) is 0.364. The molecule has 0 fully saturated rings. The van der Waals surface area contributed by atoms with Crippen LogP contribution in [0.3, 0.4) is 0 Å². The Labute approximate surface area is 161 Å². The number of benzene rings is 1. The van der Waals surface area contributed by atoms with Gasteiger partial charge in [0.25, 0.3) is 11.7 Å². The van der Waals surface area contributed by atoms with Gasteiger partial charge in [0.1, 0.15) is 11.5 Å². The largest absolute Gasteiger partial charge is 0.462 e. The average molecular weight is 390 g/mol. The Kier molecular flexibility index (Phi) is 7.06. The van der Waals surface area contributed by atoms with E-state index < -0.39 is 29.5 Å². The van der Waals surface area contributed by atoms with Crippen molar-refractivity contribution in [2.75, 3.05) is 13.2 Å². The van der Waals surface area contributed by atoms with Gasteiger partial charge in [0.15, 0.2) is 0 Å². The molecule has 7 nitrogen and oxygen atoms in total. The number of Topliss-reactive ketones (excluding diaryl/α,β-unsaturated/α-hetero) is 1. The lowest BCUT2D eigenvalue weighted by Gasteiger charge is -2.13. The van der Waals surface area contributed by atoms with Crippen LogP contribution in [0.4, 0.5) is 4.39 Å². The molecule has 0 bridgehead atoms. The van der Waals surface area contributed by atoms with Crippen molar-refractivity contribution in [3.63, 3.8) is 0 Å². The van der Waals surface area contributed by atoms with Crippen LogP contribution in [-0.2, 0) is 9.53 Å². The molecule has 1 atom stereocenters. The number of rotatable bonds is 8. The normalized spacial score (nSPS) is 11.8. The van der Waals surface area contributed by atoms with E-state index in [1.54, 1.807) is 19.9 Å². The number of aryl methyl sites for hydroxylation is 1. The summed E-state index contributed by atoms with van der Waals surface area (Å²) >= 11 is 0. The smallest absolute Gasteiger partial charge is 0.340 e. The highest BCUT2D eigenvalue weighted by Gasteiger charge is 2.31. The highest BCUT2D eigenvalue weighted by molar-refractivity contribution is 6.44. The Morgan fingerprint density at radius 1 is 1.25 bits per heavy atom. The van der Waals surface area contributed by atoms with E-state index >= 15 is 0 Å². The van der Waals surface area contributed by atoms with E-state index in [1.165, 1.54) is 25.1 Å². The van der Waals surface area contributed by atoms with Gasteiger partial charge in [-0.3, -0.25) is 9.59 Å². The Bertz CT molecular complexity index is 887. The number of hydrogen-bond donors (Lipinski definition) is 3. The number of nitrogens with one attached hydrogen (secondary N) is 2. The van der Waals surface area contributed by atoms with E-state index in [4.69, 9.17) is 4.74 Å². The van der Waals surface area contributed by atoms with Crippen molar-refractivity contribution in [1.82, 2.24) is 10.3 Å². The number of esters is 1. The molecule has 0 aliphatic carbocycles. The zero-order valence-electron chi connectivity index (χ0n) is 16.0. The highest BCUT2D eigenvalue weighted by atomic mass is 19.1. The molecule has 1 aromatic carbocycles. The number of amides is 1. The molecule has 0 radical (unpaired) electrons. The number of hydrogen-bond acceptors (Lipinski definition) is 5. The molecule has 0 unspecified atom stereocenters. The first-order valence-electron chi connectivity index (χ1n) is 8.96. The average Bonchev–Trinajstić information content (AvgIpc) is 3.02. The van der Waals surface area contributed by atoms with Crippen molar-refractivity contribution >= 4 is 17.7 Å². The molecular weight excluding hydrogens is 367 g/mol. The first-order chi connectivity index (χ1) is 13.3. The Balaban J connectivity index is 2.60. The number of carbonyl (C=O) groups excluding carboxylic acids is 3. The van der Waals surface area contributed by atoms with Gasteiger partial charge in [-0.2, -0.15) is 0 Å². The summed E-state index contributed by atoms with van der Waals surface area (Å²) in [4.78, 5) is 40.3. The van der Waals surface area contributed by atoms with Gasteiger partial charge in [-0.25, -0.2) is 9.18 Å². The zero-order valence-corrected chi connectivity index (χ0v) is 16.0. The third-order valence-corrected chi connectivity index (χ3v) is 4.29. The maximum Gasteiger partial charge on any atom is 0.340 e. The molecule has 1 amide bonds. The fourth-order valence-electron chi connectivity index (χ4n) is 2.83. The second-order valence-corrected chi connectivity index (χ2v) is 6.17. The van der Waals surface area contributed by atoms with Crippen LogP contribution in [0.5, 0.6) is 0 Å². The molecular formula is C20H23FN2O5. The number of ketones is 1. The Morgan fingerprint density at radius 2 is 1.93 bits per heavy atom. The summed E-state index contributed by atoms with van der Waals surface area (Å²) in [6, 6.07) is 5.05. The molecule has 3 N–H and O–H groups in total. The maximum absolute atomic E-state index is 14.5. The Morgan fingerprint density at radius 3 is 2.50 bits per heavy atom. The lowest BCUT2D eigenvalue weighted by molar-refractivity contribution is -0.118. The monoisotopic (exact) mass is 390 g/mol. The van der Waals surface area contributed by atoms with Crippen LogP contribution in [0, 0.1) is 12.7 Å². The molecule has 1 heterocycles. The first kappa shape index (κ1) is 21.3. The predicted octanol–water partition coefficient (Wildman–Crippen LogP) is 2.38. The van der Waals surface area contributed by atoms with E-state index in [2.05, 4.69) is 10.3 Å². The van der Waals surface area contributed by atoms with Crippen LogP contribution in [0.1, 0.15) is 46.8 Å². The van der Waals surface area contributed by atoms with Crippen LogP contribution in [-0.4, -0.2) is 47.0 Å². The van der Waals surface area contributed by atoms with Crippen LogP contribution in [0.15, 0.2) is 24.3 Å². The van der Waals surface area contributed by atoms with E-state index in [-0.39, 0.29) is 41.3 Å². The van der Waals surface area contributed by atoms with Gasteiger partial charge in [-0.05, 0) is 26.3 Å². The number of carbonyl (C=O) groups is 3. The summed E-state index contributed by atoms with van der Waals surface area (Å²) in [7, 11) is 0. The minimum Gasteiger partial charge on any atom is -0.462 e. The summed E-state index contributed by atoms with van der Waals surface area (Å²) in [5.41, 5.74) is 0.0433. The van der Waals surface area contributed by atoms with Crippen molar-refractivity contribution in [3.8, 4) is 11.1 Å². The molecule has 8 heteroatoms. The van der Waals surface area contributed by atoms with Crippen LogP contribution in [0.25, 0.3) is 11.1 Å². The van der Waals surface area contributed by atoms with Gasteiger partial charge in [0.2, 0.25) is 0 Å². The van der Waals surface area contributed by atoms with Gasteiger partial charge >= 0.3 is 5.97 Å². The van der Waals surface area contributed by atoms with Crippen molar-refractivity contribution < 1.29 is 28.6 Å². The minimum atomic E-state index is -0.969. The molecule has 0 spiro atoms. The van der Waals surface area contributed by atoms with Crippen LogP contribution < -0.4 is 5.32 Å².